The maximum absolute atomic E-state index is 9.85. The molecule has 1 unspecified atom stereocenters. The van der Waals surface area contributed by atoms with Crippen LogP contribution in [0.4, 0.5) is 0 Å². The van der Waals surface area contributed by atoms with Crippen LogP contribution in [0.1, 0.15) is 6.92 Å². The van der Waals surface area contributed by atoms with Crippen LogP contribution < -0.4 is 0 Å². The number of hydrogen-bond donors (Lipinski definition) is 0. The molecule has 0 saturated carbocycles. The van der Waals surface area contributed by atoms with Crippen molar-refractivity contribution in [1.82, 2.24) is 0 Å². The van der Waals surface area contributed by atoms with Crippen LogP contribution in [0.2, 0.25) is 0 Å². The third kappa shape index (κ3) is 3.10. The number of hydrogen-bond acceptors (Lipinski definition) is 2. The van der Waals surface area contributed by atoms with Gasteiger partial charge in [-0.25, -0.2) is 0 Å². The summed E-state index contributed by atoms with van der Waals surface area (Å²) in [6, 6.07) is 1.79. The van der Waals surface area contributed by atoms with Gasteiger partial charge in [0.25, 0.3) is 0 Å². The average Bonchev–Trinajstić information content (AvgIpc) is 1.83. The molecule has 0 amide bonds. The number of allylic oxidation sites excluding steroid dienone is 2. The van der Waals surface area contributed by atoms with E-state index in [-0.39, 0.29) is 5.92 Å². The van der Waals surface area contributed by atoms with Crippen LogP contribution in [-0.4, -0.2) is 6.29 Å². The van der Waals surface area contributed by atoms with Crippen LogP contribution in [-0.2, 0) is 4.79 Å². The molecule has 0 aromatic heterocycles. The SMILES string of the molecule is CC(C=O)/C=C/C#N. The van der Waals surface area contributed by atoms with Crippen molar-refractivity contribution in [2.75, 3.05) is 0 Å². The second-order valence-corrected chi connectivity index (χ2v) is 1.48. The lowest BCUT2D eigenvalue weighted by Gasteiger charge is -1.85. The molecule has 0 fully saturated rings. The molecule has 8 heavy (non-hydrogen) atoms. The minimum Gasteiger partial charge on any atom is -0.303 e. The Balaban J connectivity index is 3.56. The second-order valence-electron chi connectivity index (χ2n) is 1.48. The first-order chi connectivity index (χ1) is 3.81. The molecule has 0 aliphatic rings. The van der Waals surface area contributed by atoms with Gasteiger partial charge in [-0.2, -0.15) is 5.26 Å². The Kier molecular flexibility index (Phi) is 3.51. The zero-order valence-corrected chi connectivity index (χ0v) is 4.66. The van der Waals surface area contributed by atoms with E-state index in [2.05, 4.69) is 0 Å². The molecule has 0 saturated heterocycles. The van der Waals surface area contributed by atoms with E-state index >= 15 is 0 Å². The first-order valence-electron chi connectivity index (χ1n) is 2.33. The van der Waals surface area contributed by atoms with E-state index in [0.29, 0.717) is 0 Å². The molecule has 0 heterocycles. The molecule has 0 aromatic carbocycles. The molecule has 0 aliphatic heterocycles. The maximum Gasteiger partial charge on any atom is 0.126 e. The fourth-order valence-electron chi connectivity index (χ4n) is 0.240. The standard InChI is InChI=1S/C6H7NO/c1-6(5-8)3-2-4-7/h2-3,5-6H,1H3/b3-2+. The molecular weight excluding hydrogens is 102 g/mol. The highest BCUT2D eigenvalue weighted by Crippen LogP contribution is 1.88. The van der Waals surface area contributed by atoms with Crippen LogP contribution >= 0.6 is 0 Å². The predicted molar refractivity (Wildman–Crippen MR) is 30.0 cm³/mol. The minimum atomic E-state index is -0.130. The van der Waals surface area contributed by atoms with E-state index in [1.54, 1.807) is 19.1 Å². The fraction of sp³-hybridized carbons (Fsp3) is 0.333. The third-order valence-corrected chi connectivity index (χ3v) is 0.689. The molecule has 0 aromatic rings. The van der Waals surface area contributed by atoms with Crippen molar-refractivity contribution >= 4 is 6.29 Å². The molecule has 0 spiro atoms. The molecular formula is C6H7NO. The summed E-state index contributed by atoms with van der Waals surface area (Å²) in [5.74, 6) is -0.130. The quantitative estimate of drug-likeness (QED) is 0.390. The van der Waals surface area contributed by atoms with Crippen molar-refractivity contribution < 1.29 is 4.79 Å². The molecule has 0 radical (unpaired) electrons. The number of nitrogens with zero attached hydrogens (tertiary/aromatic N) is 1. The summed E-state index contributed by atoms with van der Waals surface area (Å²) >= 11 is 0. The Bertz CT molecular complexity index is 132. The molecule has 2 nitrogen and oxygen atoms in total. The summed E-state index contributed by atoms with van der Waals surface area (Å²) < 4.78 is 0. The van der Waals surface area contributed by atoms with Crippen molar-refractivity contribution in [3.63, 3.8) is 0 Å². The van der Waals surface area contributed by atoms with Crippen LogP contribution in [0.3, 0.4) is 0 Å². The van der Waals surface area contributed by atoms with Gasteiger partial charge in [-0.05, 0) is 0 Å². The monoisotopic (exact) mass is 109 g/mol. The van der Waals surface area contributed by atoms with Crippen LogP contribution in [0.15, 0.2) is 12.2 Å². The summed E-state index contributed by atoms with van der Waals surface area (Å²) in [7, 11) is 0. The zero-order chi connectivity index (χ0) is 6.41. The van der Waals surface area contributed by atoms with E-state index < -0.39 is 0 Å². The van der Waals surface area contributed by atoms with Crippen LogP contribution in [0.25, 0.3) is 0 Å². The molecule has 0 aliphatic carbocycles. The van der Waals surface area contributed by atoms with Gasteiger partial charge in [-0.1, -0.05) is 13.0 Å². The van der Waals surface area contributed by atoms with E-state index in [0.717, 1.165) is 6.29 Å². The molecule has 2 heteroatoms. The van der Waals surface area contributed by atoms with E-state index in [1.165, 1.54) is 6.08 Å². The average molecular weight is 109 g/mol. The highest BCUT2D eigenvalue weighted by molar-refractivity contribution is 5.55. The van der Waals surface area contributed by atoms with Gasteiger partial charge in [0.05, 0.1) is 6.07 Å². The number of carbonyl (C=O) groups excluding carboxylic acids is 1. The van der Waals surface area contributed by atoms with Gasteiger partial charge in [-0.15, -0.1) is 0 Å². The first kappa shape index (κ1) is 6.90. The van der Waals surface area contributed by atoms with Gasteiger partial charge >= 0.3 is 0 Å². The smallest absolute Gasteiger partial charge is 0.126 e. The third-order valence-electron chi connectivity index (χ3n) is 0.689. The van der Waals surface area contributed by atoms with Crippen molar-refractivity contribution in [2.24, 2.45) is 5.92 Å². The predicted octanol–water partition coefficient (Wildman–Crippen LogP) is 0.901. The second kappa shape index (κ2) is 4.07. The zero-order valence-electron chi connectivity index (χ0n) is 4.66. The van der Waals surface area contributed by atoms with Crippen molar-refractivity contribution in [3.8, 4) is 6.07 Å². The van der Waals surface area contributed by atoms with E-state index in [1.807, 2.05) is 0 Å². The van der Waals surface area contributed by atoms with E-state index in [4.69, 9.17) is 5.26 Å². The number of aldehydes is 1. The molecule has 0 bridgehead atoms. The summed E-state index contributed by atoms with van der Waals surface area (Å²) in [5, 5.41) is 7.96. The molecule has 0 N–H and O–H groups in total. The largest absolute Gasteiger partial charge is 0.303 e. The topological polar surface area (TPSA) is 40.9 Å². The Hall–Kier alpha value is -1.10. The summed E-state index contributed by atoms with van der Waals surface area (Å²) in [5.41, 5.74) is 0. The van der Waals surface area contributed by atoms with Gasteiger partial charge < -0.3 is 4.79 Å². The molecule has 1 atom stereocenters. The van der Waals surface area contributed by atoms with Gasteiger partial charge in [0.1, 0.15) is 6.29 Å². The molecule has 0 rings (SSSR count). The lowest BCUT2D eigenvalue weighted by atomic mass is 10.2. The van der Waals surface area contributed by atoms with Gasteiger partial charge in [0.2, 0.25) is 0 Å². The van der Waals surface area contributed by atoms with Crippen LogP contribution in [0.5, 0.6) is 0 Å². The fourth-order valence-corrected chi connectivity index (χ4v) is 0.240. The number of nitriles is 1. The molecule has 42 valence electrons. The Morgan fingerprint density at radius 2 is 2.38 bits per heavy atom. The lowest BCUT2D eigenvalue weighted by Crippen LogP contribution is -1.87. The number of rotatable bonds is 2. The summed E-state index contributed by atoms with van der Waals surface area (Å²) in [6.45, 7) is 1.72. The van der Waals surface area contributed by atoms with Gasteiger partial charge in [-0.3, -0.25) is 0 Å². The Morgan fingerprint density at radius 3 is 2.75 bits per heavy atom. The highest BCUT2D eigenvalue weighted by atomic mass is 16.1. The normalized spacial score (nSPS) is 13.0. The summed E-state index contributed by atoms with van der Waals surface area (Å²) in [4.78, 5) is 9.85. The van der Waals surface area contributed by atoms with Crippen molar-refractivity contribution in [3.05, 3.63) is 12.2 Å². The van der Waals surface area contributed by atoms with Crippen LogP contribution in [0, 0.1) is 17.2 Å². The summed E-state index contributed by atoms with van der Waals surface area (Å²) in [6.07, 6.45) is 3.64. The minimum absolute atomic E-state index is 0.130. The lowest BCUT2D eigenvalue weighted by molar-refractivity contribution is -0.109. The highest BCUT2D eigenvalue weighted by Gasteiger charge is 1.87. The van der Waals surface area contributed by atoms with Crippen molar-refractivity contribution in [1.29, 1.82) is 5.26 Å². The maximum atomic E-state index is 9.85. The van der Waals surface area contributed by atoms with Gasteiger partial charge in [0.15, 0.2) is 0 Å². The van der Waals surface area contributed by atoms with E-state index in [9.17, 15) is 4.79 Å². The Morgan fingerprint density at radius 1 is 1.75 bits per heavy atom. The number of carbonyl (C=O) groups is 1. The Labute approximate surface area is 48.4 Å². The van der Waals surface area contributed by atoms with Gasteiger partial charge in [0, 0.05) is 12.0 Å². The first-order valence-corrected chi connectivity index (χ1v) is 2.33. The van der Waals surface area contributed by atoms with Crippen molar-refractivity contribution in [2.45, 2.75) is 6.92 Å².